The maximum atomic E-state index is 12.0. The van der Waals surface area contributed by atoms with Crippen molar-refractivity contribution < 1.29 is 14.3 Å². The highest BCUT2D eigenvalue weighted by atomic mass is 16.5. The van der Waals surface area contributed by atoms with Crippen molar-refractivity contribution in [3.8, 4) is 5.75 Å². The van der Waals surface area contributed by atoms with E-state index in [1.165, 1.54) is 45.4 Å². The minimum Gasteiger partial charge on any atom is -0.494 e. The van der Waals surface area contributed by atoms with Gasteiger partial charge in [-0.25, -0.2) is 0 Å². The summed E-state index contributed by atoms with van der Waals surface area (Å²) < 4.78 is 5.95. The smallest absolute Gasteiger partial charge is 0.173 e. The van der Waals surface area contributed by atoms with Crippen LogP contribution in [0.5, 0.6) is 5.75 Å². The molecule has 0 aliphatic heterocycles. The second-order valence-corrected chi connectivity index (χ2v) is 10.6. The van der Waals surface area contributed by atoms with Crippen LogP contribution in [0, 0.1) is 19.8 Å². The highest BCUT2D eigenvalue weighted by Crippen LogP contribution is 2.34. The lowest BCUT2D eigenvalue weighted by atomic mass is 9.87. The number of allylic oxidation sites excluding steroid dienone is 5. The van der Waals surface area contributed by atoms with E-state index < -0.39 is 0 Å². The van der Waals surface area contributed by atoms with E-state index in [0.29, 0.717) is 12.7 Å². The lowest BCUT2D eigenvalue weighted by molar-refractivity contribution is -0.119. The monoisotopic (exact) mass is 562 g/mol. The zero-order chi connectivity index (χ0) is 30.5. The van der Waals surface area contributed by atoms with Gasteiger partial charge < -0.3 is 4.74 Å². The molecule has 0 spiro atoms. The molecule has 3 heteroatoms. The number of rotatable bonds is 9. The van der Waals surface area contributed by atoms with Crippen LogP contribution in [0.1, 0.15) is 79.5 Å². The average molecular weight is 563 g/mol. The van der Waals surface area contributed by atoms with Gasteiger partial charge in [-0.1, -0.05) is 101 Å². The molecule has 3 aromatic carbocycles. The topological polar surface area (TPSA) is 43.4 Å². The Balaban J connectivity index is 0.000000222. The number of ketones is 1. The molecule has 0 bridgehead atoms. The van der Waals surface area contributed by atoms with Crippen molar-refractivity contribution in [3.63, 3.8) is 0 Å². The number of Topliss-reactive ketones (excluding diaryl/α,β-unsaturated/α-hetero) is 1. The summed E-state index contributed by atoms with van der Waals surface area (Å²) in [6.07, 6.45) is 13.2. The number of benzene rings is 3. The summed E-state index contributed by atoms with van der Waals surface area (Å²) in [6, 6.07) is 21.6. The van der Waals surface area contributed by atoms with Gasteiger partial charge in [0.2, 0.25) is 0 Å². The van der Waals surface area contributed by atoms with Gasteiger partial charge in [0.15, 0.2) is 12.1 Å². The molecular formula is C39H46O3. The second-order valence-electron chi connectivity index (χ2n) is 10.6. The van der Waals surface area contributed by atoms with Crippen molar-refractivity contribution in [1.29, 1.82) is 0 Å². The van der Waals surface area contributed by atoms with Crippen molar-refractivity contribution in [2.45, 2.75) is 73.6 Å². The van der Waals surface area contributed by atoms with Gasteiger partial charge in [0.05, 0.1) is 12.2 Å². The van der Waals surface area contributed by atoms with Gasteiger partial charge in [-0.15, -0.1) is 0 Å². The third-order valence-electron chi connectivity index (χ3n) is 7.68. The Morgan fingerprint density at radius 3 is 2.43 bits per heavy atom. The molecule has 2 aliphatic rings. The number of unbranched alkanes of at least 4 members (excludes halogenated alkanes) is 1. The van der Waals surface area contributed by atoms with E-state index in [0.717, 1.165) is 37.2 Å². The minimum absolute atomic E-state index is 0.0780. The summed E-state index contributed by atoms with van der Waals surface area (Å²) >= 11 is 0. The van der Waals surface area contributed by atoms with Crippen LogP contribution in [0.25, 0.3) is 5.57 Å². The van der Waals surface area contributed by atoms with Crippen LogP contribution in [0.4, 0.5) is 0 Å². The second kappa shape index (κ2) is 16.5. The summed E-state index contributed by atoms with van der Waals surface area (Å²) in [5.74, 6) is 0.719. The molecule has 3 nitrogen and oxygen atoms in total. The van der Waals surface area contributed by atoms with E-state index in [9.17, 15) is 9.59 Å². The predicted octanol–water partition coefficient (Wildman–Crippen LogP) is 9.17. The molecule has 3 aromatic rings. The van der Waals surface area contributed by atoms with E-state index in [2.05, 4.69) is 88.4 Å². The van der Waals surface area contributed by atoms with E-state index in [4.69, 9.17) is 4.74 Å². The van der Waals surface area contributed by atoms with E-state index in [1.807, 2.05) is 26.0 Å². The zero-order valence-electron chi connectivity index (χ0n) is 26.2. The Hall–Kier alpha value is -3.98. The van der Waals surface area contributed by atoms with Crippen LogP contribution < -0.4 is 4.74 Å². The first-order chi connectivity index (χ1) is 20.4. The number of hydrogen-bond acceptors (Lipinski definition) is 3. The molecule has 2 aliphatic carbocycles. The molecule has 0 fully saturated rings. The normalized spacial score (nSPS) is 14.9. The molecule has 0 amide bonds. The standard InChI is InChI=1S/C21H24O.C16H16O2.C2H6/c1-3-5-12-22-19-14-16(4-2)13-18(15-19)21-11-10-17-8-6-7-9-20(17)21;1-11-6-7-13(8-12(11)2)9-14-4-3-5-15(10-17)16(14)18;1-2/h6-9,11,13-15H,3-5,10,12H2,1-2H3;3-8,10,14H,9H2,1-2H3;1-2H3. The molecular weight excluding hydrogens is 516 g/mol. The molecule has 42 heavy (non-hydrogen) atoms. The van der Waals surface area contributed by atoms with Gasteiger partial charge in [-0.05, 0) is 102 Å². The largest absolute Gasteiger partial charge is 0.494 e. The van der Waals surface area contributed by atoms with Gasteiger partial charge in [0.25, 0.3) is 0 Å². The Bertz CT molecular complexity index is 1450. The minimum atomic E-state index is -0.211. The van der Waals surface area contributed by atoms with Crippen molar-refractivity contribution >= 4 is 17.6 Å². The van der Waals surface area contributed by atoms with Crippen LogP contribution >= 0.6 is 0 Å². The summed E-state index contributed by atoms with van der Waals surface area (Å²) in [5, 5.41) is 0. The lowest BCUT2D eigenvalue weighted by Gasteiger charge is -2.15. The number of hydrogen-bond donors (Lipinski definition) is 0. The van der Waals surface area contributed by atoms with Crippen molar-refractivity contribution in [2.24, 2.45) is 5.92 Å². The van der Waals surface area contributed by atoms with Crippen LogP contribution in [0.3, 0.4) is 0 Å². The summed E-state index contributed by atoms with van der Waals surface area (Å²) in [5.41, 5.74) is 10.7. The quantitative estimate of drug-likeness (QED) is 0.148. The van der Waals surface area contributed by atoms with E-state index in [1.54, 1.807) is 12.2 Å². The Morgan fingerprint density at radius 1 is 0.929 bits per heavy atom. The Kier molecular flexibility index (Phi) is 12.7. The summed E-state index contributed by atoms with van der Waals surface area (Å²) in [7, 11) is 0. The van der Waals surface area contributed by atoms with E-state index >= 15 is 0 Å². The molecule has 0 aromatic heterocycles. The Morgan fingerprint density at radius 2 is 1.71 bits per heavy atom. The van der Waals surface area contributed by atoms with Gasteiger partial charge >= 0.3 is 0 Å². The zero-order valence-corrected chi connectivity index (χ0v) is 26.2. The first kappa shape index (κ1) is 32.5. The number of ether oxygens (including phenoxy) is 1. The highest BCUT2D eigenvalue weighted by molar-refractivity contribution is 6.14. The summed E-state index contributed by atoms with van der Waals surface area (Å²) in [6.45, 7) is 13.3. The highest BCUT2D eigenvalue weighted by Gasteiger charge is 2.22. The number of aryl methyl sites for hydroxylation is 3. The van der Waals surface area contributed by atoms with Crippen molar-refractivity contribution in [3.05, 3.63) is 129 Å². The third-order valence-corrected chi connectivity index (χ3v) is 7.68. The fourth-order valence-corrected chi connectivity index (χ4v) is 5.11. The van der Waals surface area contributed by atoms with Crippen LogP contribution in [0.2, 0.25) is 0 Å². The molecule has 220 valence electrons. The molecule has 1 atom stereocenters. The molecule has 0 saturated heterocycles. The Labute approximate surface area is 253 Å². The number of aldehydes is 1. The fourth-order valence-electron chi connectivity index (χ4n) is 5.11. The van der Waals surface area contributed by atoms with Crippen LogP contribution in [0.15, 0.2) is 90.5 Å². The molecule has 0 saturated carbocycles. The first-order valence-electron chi connectivity index (χ1n) is 15.4. The maximum absolute atomic E-state index is 12.0. The van der Waals surface area contributed by atoms with E-state index in [-0.39, 0.29) is 17.3 Å². The molecule has 5 rings (SSSR count). The molecule has 0 N–H and O–H groups in total. The molecule has 0 heterocycles. The van der Waals surface area contributed by atoms with Crippen molar-refractivity contribution in [1.82, 2.24) is 0 Å². The average Bonchev–Trinajstić information content (AvgIpc) is 3.46. The van der Waals surface area contributed by atoms with Gasteiger partial charge in [0, 0.05) is 5.92 Å². The van der Waals surface area contributed by atoms with Gasteiger partial charge in [-0.3, -0.25) is 9.59 Å². The predicted molar refractivity (Wildman–Crippen MR) is 176 cm³/mol. The lowest BCUT2D eigenvalue weighted by Crippen LogP contribution is -2.20. The number of carbonyl (C=O) groups is 2. The number of fused-ring (bicyclic) bond motifs is 1. The molecule has 1 unspecified atom stereocenters. The van der Waals surface area contributed by atoms with Gasteiger partial charge in [0.1, 0.15) is 5.75 Å². The third kappa shape index (κ3) is 8.52. The first-order valence-corrected chi connectivity index (χ1v) is 15.4. The maximum Gasteiger partial charge on any atom is 0.173 e. The SMILES string of the molecule is CC.CCCCOc1cc(CC)cc(C2=CCc3ccccc32)c1.Cc1ccc(CC2C=CC=C(C=O)C2=O)cc1C. The molecule has 0 radical (unpaired) electrons. The van der Waals surface area contributed by atoms with Crippen molar-refractivity contribution in [2.75, 3.05) is 6.61 Å². The van der Waals surface area contributed by atoms with Crippen LogP contribution in [-0.4, -0.2) is 18.7 Å². The summed E-state index contributed by atoms with van der Waals surface area (Å²) in [4.78, 5) is 22.7. The fraction of sp³-hybridized carbons (Fsp3) is 0.333. The van der Waals surface area contributed by atoms with Crippen LogP contribution in [-0.2, 0) is 28.9 Å². The van der Waals surface area contributed by atoms with Gasteiger partial charge in [-0.2, -0.15) is 0 Å². The number of carbonyl (C=O) groups excluding carboxylic acids is 2.